The Morgan fingerprint density at radius 2 is 1.84 bits per heavy atom. The van der Waals surface area contributed by atoms with Gasteiger partial charge in [-0.25, -0.2) is 0 Å². The van der Waals surface area contributed by atoms with Crippen molar-refractivity contribution in [2.45, 2.75) is 50.5 Å². The van der Waals surface area contributed by atoms with Crippen LogP contribution in [0.2, 0.25) is 0 Å². The molecule has 0 spiro atoms. The van der Waals surface area contributed by atoms with Gasteiger partial charge < -0.3 is 5.32 Å². The molecule has 3 heteroatoms. The fourth-order valence-corrected chi connectivity index (χ4v) is 5.36. The lowest BCUT2D eigenvalue weighted by Gasteiger charge is -2.56. The van der Waals surface area contributed by atoms with Gasteiger partial charge in [-0.1, -0.05) is 0 Å². The van der Waals surface area contributed by atoms with Gasteiger partial charge in [0.1, 0.15) is 0 Å². The lowest BCUT2D eigenvalue weighted by molar-refractivity contribution is -0.0494. The van der Waals surface area contributed by atoms with Crippen LogP contribution in [0.3, 0.4) is 0 Å². The highest BCUT2D eigenvalue weighted by Gasteiger charge is 2.52. The van der Waals surface area contributed by atoms with Crippen molar-refractivity contribution in [1.82, 2.24) is 15.1 Å². The van der Waals surface area contributed by atoms with Crippen LogP contribution in [0.15, 0.2) is 12.4 Å². The molecule has 0 saturated heterocycles. The highest BCUT2D eigenvalue weighted by molar-refractivity contribution is 5.11. The van der Waals surface area contributed by atoms with Gasteiger partial charge in [0.15, 0.2) is 0 Å². The number of nitrogens with zero attached hydrogens (tertiary/aromatic N) is 2. The molecule has 4 aliphatic carbocycles. The maximum atomic E-state index is 4.75. The first-order valence-electron chi connectivity index (χ1n) is 7.96. The first-order valence-corrected chi connectivity index (χ1v) is 7.96. The van der Waals surface area contributed by atoms with E-state index in [2.05, 4.69) is 22.4 Å². The first-order chi connectivity index (χ1) is 9.27. The molecule has 1 N–H and O–H groups in total. The van der Waals surface area contributed by atoms with Crippen LogP contribution in [-0.4, -0.2) is 23.4 Å². The third-order valence-electron chi connectivity index (χ3n) is 5.79. The van der Waals surface area contributed by atoms with Crippen LogP contribution in [0.25, 0.3) is 0 Å². The molecule has 3 nitrogen and oxygen atoms in total. The maximum absolute atomic E-state index is 4.75. The number of aromatic nitrogens is 2. The molecule has 0 amide bonds. The van der Waals surface area contributed by atoms with E-state index in [9.17, 15) is 0 Å². The molecule has 0 radical (unpaired) electrons. The third-order valence-corrected chi connectivity index (χ3v) is 5.79. The fraction of sp³-hybridized carbons (Fsp3) is 0.812. The van der Waals surface area contributed by atoms with E-state index >= 15 is 0 Å². The van der Waals surface area contributed by atoms with Gasteiger partial charge in [-0.15, -0.1) is 0 Å². The van der Waals surface area contributed by atoms with Crippen LogP contribution >= 0.6 is 0 Å². The minimum absolute atomic E-state index is 0.395. The summed E-state index contributed by atoms with van der Waals surface area (Å²) in [4.78, 5) is 0. The van der Waals surface area contributed by atoms with E-state index < -0.39 is 0 Å². The summed E-state index contributed by atoms with van der Waals surface area (Å²) in [5.74, 6) is 2.99. The topological polar surface area (TPSA) is 29.9 Å². The second kappa shape index (κ2) is 4.34. The Balaban J connectivity index is 1.59. The van der Waals surface area contributed by atoms with Gasteiger partial charge >= 0.3 is 0 Å². The quantitative estimate of drug-likeness (QED) is 0.900. The van der Waals surface area contributed by atoms with Crippen molar-refractivity contribution in [3.05, 3.63) is 18.0 Å². The zero-order valence-electron chi connectivity index (χ0n) is 11.9. The zero-order valence-corrected chi connectivity index (χ0v) is 11.9. The van der Waals surface area contributed by atoms with Crippen LogP contribution in [-0.2, 0) is 12.0 Å². The highest BCUT2D eigenvalue weighted by Crippen LogP contribution is 2.58. The van der Waals surface area contributed by atoms with Crippen molar-refractivity contribution in [3.63, 3.8) is 0 Å². The molecular weight excluding hydrogens is 234 g/mol. The van der Waals surface area contributed by atoms with Crippen molar-refractivity contribution in [2.24, 2.45) is 17.8 Å². The van der Waals surface area contributed by atoms with Gasteiger partial charge in [0, 0.05) is 6.20 Å². The molecule has 0 unspecified atom stereocenters. The molecule has 5 rings (SSSR count). The largest absolute Gasteiger partial charge is 0.319 e. The van der Waals surface area contributed by atoms with Crippen LogP contribution in [0, 0.1) is 17.8 Å². The van der Waals surface area contributed by atoms with Gasteiger partial charge in [-0.3, -0.25) is 4.68 Å². The van der Waals surface area contributed by atoms with Crippen LogP contribution in [0.4, 0.5) is 0 Å². The summed E-state index contributed by atoms with van der Waals surface area (Å²) in [5.41, 5.74) is 1.79. The van der Waals surface area contributed by atoms with Crippen molar-refractivity contribution < 1.29 is 0 Å². The highest BCUT2D eigenvalue weighted by atomic mass is 15.3. The van der Waals surface area contributed by atoms with Gasteiger partial charge in [-0.2, -0.15) is 5.10 Å². The molecule has 4 aliphatic rings. The Morgan fingerprint density at radius 1 is 1.21 bits per heavy atom. The van der Waals surface area contributed by atoms with Gasteiger partial charge in [0.25, 0.3) is 0 Å². The van der Waals surface area contributed by atoms with E-state index in [4.69, 9.17) is 5.10 Å². The molecule has 19 heavy (non-hydrogen) atoms. The molecule has 104 valence electrons. The van der Waals surface area contributed by atoms with E-state index in [0.717, 1.165) is 30.7 Å². The average molecular weight is 259 g/mol. The molecule has 4 fully saturated rings. The van der Waals surface area contributed by atoms with Gasteiger partial charge in [-0.05, 0) is 81.9 Å². The summed E-state index contributed by atoms with van der Waals surface area (Å²) >= 11 is 0. The fourth-order valence-electron chi connectivity index (χ4n) is 5.36. The van der Waals surface area contributed by atoms with Crippen LogP contribution in [0.1, 0.15) is 44.1 Å². The second-order valence-corrected chi connectivity index (χ2v) is 7.29. The third kappa shape index (κ3) is 1.94. The maximum Gasteiger partial charge on any atom is 0.0635 e. The van der Waals surface area contributed by atoms with Crippen LogP contribution < -0.4 is 5.32 Å². The van der Waals surface area contributed by atoms with Crippen molar-refractivity contribution in [1.29, 1.82) is 0 Å². The summed E-state index contributed by atoms with van der Waals surface area (Å²) in [7, 11) is 2.02. The molecule has 0 aliphatic heterocycles. The Labute approximate surface area is 115 Å². The van der Waals surface area contributed by atoms with Crippen molar-refractivity contribution >= 4 is 0 Å². The Bertz CT molecular complexity index is 427. The van der Waals surface area contributed by atoms with Crippen molar-refractivity contribution in [3.8, 4) is 0 Å². The molecular formula is C16H25N3. The van der Waals surface area contributed by atoms with Crippen LogP contribution in [0.5, 0.6) is 0 Å². The monoisotopic (exact) mass is 259 g/mol. The predicted octanol–water partition coefficient (Wildman–Crippen LogP) is 2.57. The number of hydrogen-bond donors (Lipinski definition) is 1. The summed E-state index contributed by atoms with van der Waals surface area (Å²) in [6.07, 6.45) is 14.2. The SMILES string of the molecule is CNCCc1cnn(C23CC4CC(CC(C4)C2)C3)c1. The van der Waals surface area contributed by atoms with Gasteiger partial charge in [0.05, 0.1) is 11.7 Å². The molecule has 1 heterocycles. The van der Waals surface area contributed by atoms with E-state index in [0.29, 0.717) is 5.54 Å². The predicted molar refractivity (Wildman–Crippen MR) is 76.0 cm³/mol. The normalized spacial score (nSPS) is 39.9. The van der Waals surface area contributed by atoms with E-state index in [1.54, 1.807) is 0 Å². The molecule has 0 atom stereocenters. The summed E-state index contributed by atoms with van der Waals surface area (Å²) in [6.45, 7) is 1.05. The zero-order chi connectivity index (χ0) is 12.9. The minimum atomic E-state index is 0.395. The summed E-state index contributed by atoms with van der Waals surface area (Å²) in [6, 6.07) is 0. The average Bonchev–Trinajstić information content (AvgIpc) is 2.84. The van der Waals surface area contributed by atoms with Crippen molar-refractivity contribution in [2.75, 3.05) is 13.6 Å². The molecule has 0 aromatic carbocycles. The minimum Gasteiger partial charge on any atom is -0.319 e. The van der Waals surface area contributed by atoms with E-state index in [-0.39, 0.29) is 0 Å². The van der Waals surface area contributed by atoms with Gasteiger partial charge in [0.2, 0.25) is 0 Å². The lowest BCUT2D eigenvalue weighted by Crippen LogP contribution is -2.52. The molecule has 4 bridgehead atoms. The van der Waals surface area contributed by atoms with E-state index in [1.807, 2.05) is 7.05 Å². The molecule has 1 aromatic rings. The standard InChI is InChI=1S/C16H25N3/c1-17-3-2-12-10-18-19(11-12)16-7-13-4-14(8-16)6-15(5-13)9-16/h10-11,13-15,17H,2-9H2,1H3. The Morgan fingerprint density at radius 3 is 2.42 bits per heavy atom. The number of nitrogens with one attached hydrogen (secondary N) is 1. The second-order valence-electron chi connectivity index (χ2n) is 7.29. The molecule has 4 saturated carbocycles. The lowest BCUT2D eigenvalue weighted by atomic mass is 9.53. The van der Waals surface area contributed by atoms with E-state index in [1.165, 1.54) is 44.1 Å². The number of hydrogen-bond acceptors (Lipinski definition) is 2. The Kier molecular flexibility index (Phi) is 2.73. The number of likely N-dealkylation sites (N-methyl/N-ethyl adjacent to an activating group) is 1. The molecule has 1 aromatic heterocycles. The Hall–Kier alpha value is -0.830. The summed E-state index contributed by atoms with van der Waals surface area (Å²) in [5, 5.41) is 7.97. The first kappa shape index (κ1) is 12.0. The smallest absolute Gasteiger partial charge is 0.0635 e. The number of rotatable bonds is 4. The summed E-state index contributed by atoms with van der Waals surface area (Å²) < 4.78 is 2.36.